The Morgan fingerprint density at radius 2 is 1.95 bits per heavy atom. The number of likely N-dealkylation sites (tertiary alicyclic amines) is 1. The van der Waals surface area contributed by atoms with Crippen molar-refractivity contribution in [3.63, 3.8) is 0 Å². The molecule has 1 aromatic carbocycles. The van der Waals surface area contributed by atoms with Crippen molar-refractivity contribution in [3.8, 4) is 11.1 Å². The summed E-state index contributed by atoms with van der Waals surface area (Å²) in [6, 6.07) is 4.33. The van der Waals surface area contributed by atoms with E-state index < -0.39 is 29.9 Å². The maximum atomic E-state index is 14.9. The van der Waals surface area contributed by atoms with Gasteiger partial charge in [0.1, 0.15) is 5.82 Å². The molecule has 0 spiro atoms. The van der Waals surface area contributed by atoms with Gasteiger partial charge in [-0.3, -0.25) is 0 Å². The molecule has 0 saturated carbocycles. The van der Waals surface area contributed by atoms with Crippen molar-refractivity contribution in [1.29, 1.82) is 0 Å². The van der Waals surface area contributed by atoms with E-state index in [-0.39, 0.29) is 25.2 Å². The van der Waals surface area contributed by atoms with Crippen molar-refractivity contribution in [1.82, 2.24) is 14.3 Å². The number of halogens is 4. The van der Waals surface area contributed by atoms with Crippen molar-refractivity contribution >= 4 is 23.1 Å². The Balaban J connectivity index is 1.41. The molecule has 2 aliphatic rings. The van der Waals surface area contributed by atoms with E-state index in [1.165, 1.54) is 11.0 Å². The molecule has 7 nitrogen and oxygen atoms in total. The molecular weight excluding hydrogens is 490 g/mol. The summed E-state index contributed by atoms with van der Waals surface area (Å²) in [4.78, 5) is 20.9. The second-order valence-electron chi connectivity index (χ2n) is 9.77. The van der Waals surface area contributed by atoms with E-state index in [2.05, 4.69) is 15.2 Å². The smallest absolute Gasteiger partial charge is 0.378 e. The second-order valence-corrected chi connectivity index (χ2v) is 9.77. The summed E-state index contributed by atoms with van der Waals surface area (Å²) < 4.78 is 61.6. The first-order valence-electron chi connectivity index (χ1n) is 12.3. The minimum atomic E-state index is -4.31. The first-order valence-corrected chi connectivity index (χ1v) is 12.3. The fraction of sp³-hybridized carbons (Fsp3) is 0.462. The molecule has 4 heterocycles. The molecule has 2 aliphatic heterocycles. The number of nitrogens with one attached hydrogen (secondary N) is 1. The Morgan fingerprint density at radius 3 is 2.68 bits per heavy atom. The fourth-order valence-electron chi connectivity index (χ4n) is 5.12. The number of fused-ring (bicyclic) bond motifs is 1. The first kappa shape index (κ1) is 25.3. The number of nitrogens with zero attached hydrogens (tertiary/aromatic N) is 4. The number of aromatic nitrogens is 2. The van der Waals surface area contributed by atoms with Crippen LogP contribution in [0.25, 0.3) is 16.8 Å². The van der Waals surface area contributed by atoms with Gasteiger partial charge in [-0.15, -0.1) is 0 Å². The van der Waals surface area contributed by atoms with Gasteiger partial charge in [-0.1, -0.05) is 6.92 Å². The largest absolute Gasteiger partial charge is 0.391 e. The highest BCUT2D eigenvalue weighted by Crippen LogP contribution is 2.37. The number of hydrogen-bond donors (Lipinski definition) is 1. The van der Waals surface area contributed by atoms with Gasteiger partial charge in [0.25, 0.3) is 0 Å². The summed E-state index contributed by atoms with van der Waals surface area (Å²) in [5.74, 6) is -2.79. The molecule has 0 bridgehead atoms. The Bertz CT molecular complexity index is 1300. The molecule has 2 unspecified atom stereocenters. The van der Waals surface area contributed by atoms with Crippen LogP contribution in [0, 0.1) is 24.6 Å². The third-order valence-corrected chi connectivity index (χ3v) is 7.42. The quantitative estimate of drug-likeness (QED) is 0.473. The van der Waals surface area contributed by atoms with Crippen LogP contribution in [0.15, 0.2) is 36.8 Å². The molecule has 0 aliphatic carbocycles. The van der Waals surface area contributed by atoms with Crippen molar-refractivity contribution in [2.24, 2.45) is 11.8 Å². The van der Waals surface area contributed by atoms with Crippen LogP contribution in [-0.4, -0.2) is 65.9 Å². The van der Waals surface area contributed by atoms with E-state index in [4.69, 9.17) is 4.74 Å². The molecule has 11 heteroatoms. The lowest BCUT2D eigenvalue weighted by Crippen LogP contribution is -2.36. The molecule has 198 valence electrons. The standard InChI is InChI=1S/C26H29F4N5O2/c1-16-11-21(27)22(32-25(36)35-5-3-18(14-35)17(2)26(28,29)30)13-20(16)19-12-23(33-7-9-37-10-8-33)24-31-4-6-34(24)15-19/h4,6,11-13,15,17-18H,3,5,7-10,14H2,1-2H3,(H,32,36). The van der Waals surface area contributed by atoms with Crippen molar-refractivity contribution in [2.45, 2.75) is 26.4 Å². The normalized spacial score (nSPS) is 19.5. The molecule has 2 atom stereocenters. The first-order chi connectivity index (χ1) is 17.6. The number of pyridine rings is 1. The highest BCUT2D eigenvalue weighted by molar-refractivity contribution is 5.91. The van der Waals surface area contributed by atoms with E-state index in [9.17, 15) is 22.4 Å². The minimum Gasteiger partial charge on any atom is -0.378 e. The molecule has 2 amide bonds. The van der Waals surface area contributed by atoms with Crippen molar-refractivity contribution < 1.29 is 27.1 Å². The predicted molar refractivity (Wildman–Crippen MR) is 132 cm³/mol. The Morgan fingerprint density at radius 1 is 1.19 bits per heavy atom. The number of urea groups is 1. The zero-order valence-corrected chi connectivity index (χ0v) is 20.7. The number of benzene rings is 1. The SMILES string of the molecule is Cc1cc(F)c(NC(=O)N2CCC(C(C)C(F)(F)F)C2)cc1-c1cc(N2CCOCC2)c2nccn2c1. The van der Waals surface area contributed by atoms with E-state index in [1.807, 2.05) is 22.9 Å². The summed E-state index contributed by atoms with van der Waals surface area (Å²) in [6.07, 6.45) is 1.41. The lowest BCUT2D eigenvalue weighted by Gasteiger charge is -2.29. The van der Waals surface area contributed by atoms with Gasteiger partial charge in [0.05, 0.1) is 30.5 Å². The maximum Gasteiger partial charge on any atom is 0.391 e. The number of ether oxygens (including phenoxy) is 1. The van der Waals surface area contributed by atoms with Gasteiger partial charge in [-0.05, 0) is 48.6 Å². The molecule has 2 aromatic heterocycles. The summed E-state index contributed by atoms with van der Waals surface area (Å²) >= 11 is 0. The lowest BCUT2D eigenvalue weighted by atomic mass is 9.93. The molecule has 2 fully saturated rings. The van der Waals surface area contributed by atoms with Crippen LogP contribution in [-0.2, 0) is 4.74 Å². The van der Waals surface area contributed by atoms with Gasteiger partial charge < -0.3 is 24.3 Å². The van der Waals surface area contributed by atoms with Gasteiger partial charge in [-0.25, -0.2) is 14.2 Å². The van der Waals surface area contributed by atoms with Crippen LogP contribution in [0.4, 0.5) is 33.7 Å². The number of carbonyl (C=O) groups is 1. The molecule has 5 rings (SSSR count). The molecular formula is C26H29F4N5O2. The summed E-state index contributed by atoms with van der Waals surface area (Å²) in [6.45, 7) is 5.77. The average molecular weight is 520 g/mol. The minimum absolute atomic E-state index is 0.0171. The van der Waals surface area contributed by atoms with Crippen LogP contribution in [0.5, 0.6) is 0 Å². The fourth-order valence-corrected chi connectivity index (χ4v) is 5.12. The van der Waals surface area contributed by atoms with E-state index in [0.717, 1.165) is 42.5 Å². The maximum absolute atomic E-state index is 14.9. The highest BCUT2D eigenvalue weighted by Gasteiger charge is 2.44. The zero-order valence-electron chi connectivity index (χ0n) is 20.7. The molecule has 3 aromatic rings. The number of amides is 2. The monoisotopic (exact) mass is 519 g/mol. The van der Waals surface area contributed by atoms with Crippen LogP contribution >= 0.6 is 0 Å². The van der Waals surface area contributed by atoms with E-state index in [0.29, 0.717) is 18.8 Å². The topological polar surface area (TPSA) is 62.1 Å². The van der Waals surface area contributed by atoms with E-state index >= 15 is 0 Å². The Labute approximate surface area is 212 Å². The van der Waals surface area contributed by atoms with Gasteiger partial charge in [0.15, 0.2) is 5.65 Å². The lowest BCUT2D eigenvalue weighted by molar-refractivity contribution is -0.182. The predicted octanol–water partition coefficient (Wildman–Crippen LogP) is 5.34. The molecule has 37 heavy (non-hydrogen) atoms. The second kappa shape index (κ2) is 9.85. The number of aryl methyl sites for hydroxylation is 1. The van der Waals surface area contributed by atoms with Gasteiger partial charge in [0, 0.05) is 50.3 Å². The average Bonchev–Trinajstić information content (AvgIpc) is 3.54. The van der Waals surface area contributed by atoms with Crippen molar-refractivity contribution in [3.05, 3.63) is 48.2 Å². The van der Waals surface area contributed by atoms with Gasteiger partial charge in [0.2, 0.25) is 0 Å². The summed E-state index contributed by atoms with van der Waals surface area (Å²) in [5, 5.41) is 2.58. The number of alkyl halides is 3. The van der Waals surface area contributed by atoms with Crippen LogP contribution in [0.2, 0.25) is 0 Å². The highest BCUT2D eigenvalue weighted by atomic mass is 19.4. The third-order valence-electron chi connectivity index (χ3n) is 7.42. The van der Waals surface area contributed by atoms with Gasteiger partial charge in [-0.2, -0.15) is 13.2 Å². The Kier molecular flexibility index (Phi) is 6.74. The summed E-state index contributed by atoms with van der Waals surface area (Å²) in [7, 11) is 0. The number of imidazole rings is 1. The van der Waals surface area contributed by atoms with Gasteiger partial charge >= 0.3 is 12.2 Å². The molecule has 2 saturated heterocycles. The molecule has 1 N–H and O–H groups in total. The summed E-state index contributed by atoms with van der Waals surface area (Å²) in [5.41, 5.74) is 3.95. The number of hydrogen-bond acceptors (Lipinski definition) is 4. The number of rotatable bonds is 4. The van der Waals surface area contributed by atoms with Crippen LogP contribution in [0.3, 0.4) is 0 Å². The zero-order chi connectivity index (χ0) is 26.3. The molecule has 0 radical (unpaired) electrons. The van der Waals surface area contributed by atoms with E-state index in [1.54, 1.807) is 19.2 Å². The third kappa shape index (κ3) is 5.09. The van der Waals surface area contributed by atoms with Crippen molar-refractivity contribution in [2.75, 3.05) is 49.6 Å². The van der Waals surface area contributed by atoms with Crippen LogP contribution < -0.4 is 10.2 Å². The number of morpholine rings is 1. The van der Waals surface area contributed by atoms with Crippen LogP contribution in [0.1, 0.15) is 18.9 Å². The number of anilines is 2. The Hall–Kier alpha value is -3.34. The number of carbonyl (C=O) groups excluding carboxylic acids is 1.